The fourth-order valence-corrected chi connectivity index (χ4v) is 4.00. The topological polar surface area (TPSA) is 65.1 Å². The van der Waals surface area contributed by atoms with Crippen LogP contribution in [0.15, 0.2) is 30.3 Å². The van der Waals surface area contributed by atoms with Crippen LogP contribution in [-0.2, 0) is 16.1 Å². The molecule has 2 aliphatic rings. The average Bonchev–Trinajstić information content (AvgIpc) is 3.06. The zero-order chi connectivity index (χ0) is 19.8. The van der Waals surface area contributed by atoms with E-state index < -0.39 is 0 Å². The third-order valence-corrected chi connectivity index (χ3v) is 5.60. The number of likely N-dealkylation sites (tertiary alicyclic amines) is 1. The Balaban J connectivity index is 1.47. The highest BCUT2D eigenvalue weighted by atomic mass is 16.5. The maximum atomic E-state index is 12.6. The van der Waals surface area contributed by atoms with Crippen LogP contribution in [0.1, 0.15) is 24.8 Å². The molecule has 2 heterocycles. The molecule has 0 unspecified atom stereocenters. The van der Waals surface area contributed by atoms with E-state index in [0.717, 1.165) is 32.4 Å². The highest BCUT2D eigenvalue weighted by molar-refractivity contribution is 5.84. The van der Waals surface area contributed by atoms with E-state index in [0.29, 0.717) is 38.8 Å². The molecule has 7 heteroatoms. The first-order valence-corrected chi connectivity index (χ1v) is 10.2. The summed E-state index contributed by atoms with van der Waals surface area (Å²) in [5.74, 6) is -0.00345. The van der Waals surface area contributed by atoms with E-state index in [2.05, 4.69) is 34.5 Å². The van der Waals surface area contributed by atoms with Gasteiger partial charge >= 0.3 is 6.03 Å². The van der Waals surface area contributed by atoms with Crippen molar-refractivity contribution in [3.8, 4) is 0 Å². The second kappa shape index (κ2) is 10.4. The van der Waals surface area contributed by atoms with Crippen molar-refractivity contribution in [1.82, 2.24) is 20.0 Å². The summed E-state index contributed by atoms with van der Waals surface area (Å²) in [5.41, 5.74) is 1.30. The van der Waals surface area contributed by atoms with Gasteiger partial charge in [0.15, 0.2) is 0 Å². The number of carbonyl (C=O) groups excluding carboxylic acids is 2. The van der Waals surface area contributed by atoms with Crippen LogP contribution in [-0.4, -0.2) is 85.7 Å². The van der Waals surface area contributed by atoms with Crippen LogP contribution in [0.25, 0.3) is 0 Å². The number of urea groups is 1. The van der Waals surface area contributed by atoms with Gasteiger partial charge in [-0.3, -0.25) is 9.69 Å². The van der Waals surface area contributed by atoms with E-state index in [-0.39, 0.29) is 18.5 Å². The van der Waals surface area contributed by atoms with Gasteiger partial charge in [0.25, 0.3) is 0 Å². The fraction of sp³-hybridized carbons (Fsp3) is 0.619. The second-order valence-electron chi connectivity index (χ2n) is 7.59. The Labute approximate surface area is 167 Å². The number of rotatable bonds is 7. The van der Waals surface area contributed by atoms with Crippen LogP contribution in [0.3, 0.4) is 0 Å². The molecule has 0 aromatic heterocycles. The Morgan fingerprint density at radius 2 is 2.00 bits per heavy atom. The van der Waals surface area contributed by atoms with E-state index in [1.807, 2.05) is 6.07 Å². The largest absolute Gasteiger partial charge is 0.383 e. The van der Waals surface area contributed by atoms with Crippen molar-refractivity contribution in [1.29, 1.82) is 0 Å². The maximum Gasteiger partial charge on any atom is 0.317 e. The van der Waals surface area contributed by atoms with Crippen molar-refractivity contribution in [2.75, 3.05) is 53.0 Å². The van der Waals surface area contributed by atoms with Crippen LogP contribution in [0, 0.1) is 0 Å². The van der Waals surface area contributed by atoms with Gasteiger partial charge in [0.1, 0.15) is 6.54 Å². The lowest BCUT2D eigenvalue weighted by Gasteiger charge is -2.27. The summed E-state index contributed by atoms with van der Waals surface area (Å²) < 4.78 is 5.06. The van der Waals surface area contributed by atoms with E-state index in [1.165, 1.54) is 5.56 Å². The highest BCUT2D eigenvalue weighted by Gasteiger charge is 2.28. The van der Waals surface area contributed by atoms with Gasteiger partial charge in [-0.25, -0.2) is 4.79 Å². The zero-order valence-electron chi connectivity index (χ0n) is 16.8. The SMILES string of the molecule is COCCN1CCCN(C(=O)NC[C@@H]2CCCN2Cc2ccccc2)CC1=O. The molecule has 3 rings (SSSR count). The molecule has 0 spiro atoms. The molecule has 28 heavy (non-hydrogen) atoms. The summed E-state index contributed by atoms with van der Waals surface area (Å²) in [4.78, 5) is 30.9. The number of hydrogen-bond donors (Lipinski definition) is 1. The predicted octanol–water partition coefficient (Wildman–Crippen LogP) is 1.54. The molecule has 0 aliphatic carbocycles. The monoisotopic (exact) mass is 388 g/mol. The molecule has 2 saturated heterocycles. The van der Waals surface area contributed by atoms with Crippen molar-refractivity contribution in [2.45, 2.75) is 31.8 Å². The molecular weight excluding hydrogens is 356 g/mol. The predicted molar refractivity (Wildman–Crippen MR) is 108 cm³/mol. The Kier molecular flexibility index (Phi) is 7.68. The van der Waals surface area contributed by atoms with Crippen LogP contribution < -0.4 is 5.32 Å². The van der Waals surface area contributed by atoms with Gasteiger partial charge in [-0.2, -0.15) is 0 Å². The molecule has 0 bridgehead atoms. The molecule has 154 valence electrons. The number of nitrogens with zero attached hydrogens (tertiary/aromatic N) is 3. The first kappa shape index (κ1) is 20.6. The summed E-state index contributed by atoms with van der Waals surface area (Å²) in [5, 5.41) is 3.07. The first-order valence-electron chi connectivity index (χ1n) is 10.2. The molecule has 1 aromatic carbocycles. The molecule has 7 nitrogen and oxygen atoms in total. The molecule has 1 atom stereocenters. The molecule has 1 N–H and O–H groups in total. The van der Waals surface area contributed by atoms with E-state index >= 15 is 0 Å². The Morgan fingerprint density at radius 3 is 2.79 bits per heavy atom. The standard InChI is InChI=1S/C21H32N4O3/c1-28-14-13-23-11-6-12-25(17-20(23)26)21(27)22-15-19-9-5-10-24(19)16-18-7-3-2-4-8-18/h2-4,7-8,19H,5-6,9-17H2,1H3,(H,22,27)/t19-/m0/s1. The van der Waals surface area contributed by atoms with Crippen LogP contribution in [0.4, 0.5) is 4.79 Å². The van der Waals surface area contributed by atoms with Gasteiger partial charge in [-0.05, 0) is 31.4 Å². The minimum Gasteiger partial charge on any atom is -0.383 e. The van der Waals surface area contributed by atoms with Crippen molar-refractivity contribution in [3.05, 3.63) is 35.9 Å². The minimum atomic E-state index is -0.131. The van der Waals surface area contributed by atoms with Gasteiger partial charge in [0.2, 0.25) is 5.91 Å². The van der Waals surface area contributed by atoms with Crippen molar-refractivity contribution in [2.24, 2.45) is 0 Å². The lowest BCUT2D eigenvalue weighted by atomic mass is 10.2. The van der Waals surface area contributed by atoms with Gasteiger partial charge < -0.3 is 19.9 Å². The Bertz CT molecular complexity index is 640. The summed E-state index contributed by atoms with van der Waals surface area (Å²) in [6.45, 7) is 5.15. The van der Waals surface area contributed by atoms with Crippen molar-refractivity contribution >= 4 is 11.9 Å². The third kappa shape index (κ3) is 5.69. The van der Waals surface area contributed by atoms with Crippen LogP contribution >= 0.6 is 0 Å². The Hall–Kier alpha value is -2.12. The summed E-state index contributed by atoms with van der Waals surface area (Å²) in [6.07, 6.45) is 3.05. The summed E-state index contributed by atoms with van der Waals surface area (Å²) in [7, 11) is 1.63. The number of ether oxygens (including phenoxy) is 1. The smallest absolute Gasteiger partial charge is 0.317 e. The first-order chi connectivity index (χ1) is 13.7. The number of benzene rings is 1. The number of carbonyl (C=O) groups is 2. The van der Waals surface area contributed by atoms with Gasteiger partial charge in [0.05, 0.1) is 6.61 Å². The minimum absolute atomic E-state index is 0.00345. The molecule has 1 aromatic rings. The van der Waals surface area contributed by atoms with Gasteiger partial charge in [-0.1, -0.05) is 30.3 Å². The number of hydrogen-bond acceptors (Lipinski definition) is 4. The summed E-state index contributed by atoms with van der Waals surface area (Å²) >= 11 is 0. The zero-order valence-corrected chi connectivity index (χ0v) is 16.8. The maximum absolute atomic E-state index is 12.6. The average molecular weight is 389 g/mol. The number of amides is 3. The van der Waals surface area contributed by atoms with Crippen molar-refractivity contribution in [3.63, 3.8) is 0 Å². The fourth-order valence-electron chi connectivity index (χ4n) is 4.00. The van der Waals surface area contributed by atoms with Crippen LogP contribution in [0.2, 0.25) is 0 Å². The lowest BCUT2D eigenvalue weighted by Crippen LogP contribution is -2.48. The summed E-state index contributed by atoms with van der Waals surface area (Å²) in [6, 6.07) is 10.7. The van der Waals surface area contributed by atoms with Gasteiger partial charge in [0, 0.05) is 45.9 Å². The highest BCUT2D eigenvalue weighted by Crippen LogP contribution is 2.19. The molecule has 0 saturated carbocycles. The van der Waals surface area contributed by atoms with Crippen molar-refractivity contribution < 1.29 is 14.3 Å². The normalized spacial score (nSPS) is 21.0. The number of methoxy groups -OCH3 is 1. The molecular formula is C21H32N4O3. The quantitative estimate of drug-likeness (QED) is 0.770. The lowest BCUT2D eigenvalue weighted by molar-refractivity contribution is -0.131. The van der Waals surface area contributed by atoms with E-state index in [1.54, 1.807) is 16.9 Å². The van der Waals surface area contributed by atoms with E-state index in [4.69, 9.17) is 4.74 Å². The Morgan fingerprint density at radius 1 is 1.18 bits per heavy atom. The third-order valence-electron chi connectivity index (χ3n) is 5.60. The molecule has 2 fully saturated rings. The molecule has 2 aliphatic heterocycles. The van der Waals surface area contributed by atoms with Crippen LogP contribution in [0.5, 0.6) is 0 Å². The van der Waals surface area contributed by atoms with Gasteiger partial charge in [-0.15, -0.1) is 0 Å². The number of nitrogens with one attached hydrogen (secondary N) is 1. The molecule has 0 radical (unpaired) electrons. The van der Waals surface area contributed by atoms with E-state index in [9.17, 15) is 9.59 Å². The molecule has 3 amide bonds. The second-order valence-corrected chi connectivity index (χ2v) is 7.59.